The lowest BCUT2D eigenvalue weighted by Gasteiger charge is -2.14. The van der Waals surface area contributed by atoms with Crippen LogP contribution in [-0.4, -0.2) is 60.9 Å². The van der Waals surface area contributed by atoms with Gasteiger partial charge in [-0.1, -0.05) is 62.1 Å². The van der Waals surface area contributed by atoms with Gasteiger partial charge in [0.15, 0.2) is 0 Å². The van der Waals surface area contributed by atoms with Crippen LogP contribution >= 0.6 is 23.1 Å². The summed E-state index contributed by atoms with van der Waals surface area (Å²) in [6.45, 7) is 7.97. The molecule has 0 spiro atoms. The summed E-state index contributed by atoms with van der Waals surface area (Å²) in [7, 11) is 0. The summed E-state index contributed by atoms with van der Waals surface area (Å²) in [6, 6.07) is 18.9. The highest BCUT2D eigenvalue weighted by Crippen LogP contribution is 2.27. The maximum absolute atomic E-state index is 12.7. The number of nitrogen functional groups attached to an aromatic ring is 1. The zero-order valence-electron chi connectivity index (χ0n) is 31.0. The third kappa shape index (κ3) is 19.1. The number of para-hydroxylation sites is 2. The normalized spacial score (nSPS) is 11.5. The number of hydrogen-bond donors (Lipinski definition) is 3. The van der Waals surface area contributed by atoms with Crippen LogP contribution in [0.1, 0.15) is 112 Å². The predicted octanol–water partition coefficient (Wildman–Crippen LogP) is 7.88. The van der Waals surface area contributed by atoms with E-state index in [-0.39, 0.29) is 23.8 Å². The number of anilines is 2. The predicted molar refractivity (Wildman–Crippen MR) is 208 cm³/mol. The Morgan fingerprint density at radius 1 is 0.698 bits per heavy atom. The minimum absolute atomic E-state index is 0.0715. The summed E-state index contributed by atoms with van der Waals surface area (Å²) in [6.07, 6.45) is 6.76. The average molecular weight is 769 g/mol. The van der Waals surface area contributed by atoms with Crippen molar-refractivity contribution in [2.24, 2.45) is 0 Å². The molecule has 4 aromatic rings. The van der Waals surface area contributed by atoms with Crippen molar-refractivity contribution in [3.63, 3.8) is 0 Å². The molecule has 15 heteroatoms. The summed E-state index contributed by atoms with van der Waals surface area (Å²) < 4.78 is 18.0. The number of ether oxygens (including phenoxy) is 2. The molecule has 2 unspecified atom stereocenters. The van der Waals surface area contributed by atoms with E-state index in [4.69, 9.17) is 15.2 Å². The highest BCUT2D eigenvalue weighted by Gasteiger charge is 2.25. The third-order valence-corrected chi connectivity index (χ3v) is 9.33. The number of aryl methyl sites for hydroxylation is 2. The number of benzene rings is 2. The van der Waals surface area contributed by atoms with Crippen LogP contribution in [0.4, 0.5) is 11.4 Å². The van der Waals surface area contributed by atoms with Gasteiger partial charge >= 0.3 is 17.9 Å². The van der Waals surface area contributed by atoms with E-state index in [1.54, 1.807) is 20.8 Å². The summed E-state index contributed by atoms with van der Waals surface area (Å²) in [4.78, 5) is 55.0. The van der Waals surface area contributed by atoms with Gasteiger partial charge in [-0.15, -0.1) is 0 Å². The number of aliphatic carboxylic acids is 1. The number of nitrogens with two attached hydrogens (primary N) is 1. The van der Waals surface area contributed by atoms with Gasteiger partial charge in [0.05, 0.1) is 19.1 Å². The molecular weight excluding hydrogens is 717 g/mol. The highest BCUT2D eigenvalue weighted by molar-refractivity contribution is 7.05. The number of carboxylic acid groups (broad SMARTS) is 1. The second kappa shape index (κ2) is 26.1. The minimum atomic E-state index is -0.869. The molecular formula is C38H52N6O7S2. The van der Waals surface area contributed by atoms with Gasteiger partial charge in [0.2, 0.25) is 5.91 Å². The lowest BCUT2D eigenvalue weighted by molar-refractivity contribution is -0.144. The Hall–Kier alpha value is -4.76. The summed E-state index contributed by atoms with van der Waals surface area (Å²) >= 11 is 2.42. The van der Waals surface area contributed by atoms with Gasteiger partial charge in [-0.05, 0) is 101 Å². The lowest BCUT2D eigenvalue weighted by atomic mass is 10.00. The van der Waals surface area contributed by atoms with E-state index in [1.165, 1.54) is 11.5 Å². The van der Waals surface area contributed by atoms with Crippen LogP contribution in [-0.2, 0) is 28.7 Å². The average Bonchev–Trinajstić information content (AvgIpc) is 3.76. The van der Waals surface area contributed by atoms with Crippen molar-refractivity contribution in [2.45, 2.75) is 104 Å². The second-order valence-electron chi connectivity index (χ2n) is 11.9. The molecule has 53 heavy (non-hydrogen) atoms. The molecule has 2 aromatic carbocycles. The molecule has 2 heterocycles. The van der Waals surface area contributed by atoms with Crippen LogP contribution in [0, 0.1) is 13.8 Å². The molecule has 0 aliphatic carbocycles. The molecule has 0 bridgehead atoms. The molecule has 13 nitrogen and oxygen atoms in total. The van der Waals surface area contributed by atoms with E-state index in [0.29, 0.717) is 55.6 Å². The molecule has 0 saturated heterocycles. The number of aromatic nitrogens is 4. The number of hydrogen-bond acceptors (Lipinski definition) is 13. The molecule has 288 valence electrons. The van der Waals surface area contributed by atoms with Crippen molar-refractivity contribution < 1.29 is 33.8 Å². The second-order valence-corrected chi connectivity index (χ2v) is 13.4. The molecule has 1 amide bonds. The van der Waals surface area contributed by atoms with Crippen molar-refractivity contribution in [3.8, 4) is 0 Å². The Balaban J connectivity index is 0.000000316. The zero-order chi connectivity index (χ0) is 38.8. The van der Waals surface area contributed by atoms with Crippen molar-refractivity contribution >= 4 is 58.3 Å². The molecule has 0 fully saturated rings. The van der Waals surface area contributed by atoms with Gasteiger partial charge in [-0.25, -0.2) is 9.97 Å². The van der Waals surface area contributed by atoms with Crippen LogP contribution in [0.15, 0.2) is 60.7 Å². The molecule has 0 aliphatic heterocycles. The van der Waals surface area contributed by atoms with Crippen molar-refractivity contribution in [2.75, 3.05) is 24.3 Å². The largest absolute Gasteiger partial charge is 0.481 e. The number of carbonyl (C=O) groups excluding carboxylic acids is 3. The van der Waals surface area contributed by atoms with Crippen molar-refractivity contribution in [1.82, 2.24) is 18.7 Å². The maximum atomic E-state index is 12.7. The summed E-state index contributed by atoms with van der Waals surface area (Å²) in [5, 5.41) is 13.5. The quantitative estimate of drug-likeness (QED) is 0.0475. The van der Waals surface area contributed by atoms with E-state index in [0.717, 1.165) is 66.4 Å². The van der Waals surface area contributed by atoms with Crippen molar-refractivity contribution in [3.05, 3.63) is 82.3 Å². The van der Waals surface area contributed by atoms with Crippen LogP contribution in [0.3, 0.4) is 0 Å². The van der Waals surface area contributed by atoms with Gasteiger partial charge in [0.1, 0.15) is 27.6 Å². The number of nitrogens with one attached hydrogen (secondary N) is 1. The molecule has 4 rings (SSSR count). The van der Waals surface area contributed by atoms with Crippen LogP contribution in [0.25, 0.3) is 0 Å². The third-order valence-electron chi connectivity index (χ3n) is 7.50. The van der Waals surface area contributed by atoms with E-state index < -0.39 is 11.9 Å². The van der Waals surface area contributed by atoms with Crippen molar-refractivity contribution in [1.29, 1.82) is 0 Å². The molecule has 2 aromatic heterocycles. The Bertz CT molecular complexity index is 1640. The Morgan fingerprint density at radius 2 is 1.15 bits per heavy atom. The topological polar surface area (TPSA) is 197 Å². The first-order chi connectivity index (χ1) is 25.5. The highest BCUT2D eigenvalue weighted by atomic mass is 32.1. The van der Waals surface area contributed by atoms with Gasteiger partial charge in [-0.3, -0.25) is 19.2 Å². The summed E-state index contributed by atoms with van der Waals surface area (Å²) in [5.74, 6) is -0.923. The van der Waals surface area contributed by atoms with E-state index in [2.05, 4.69) is 24.0 Å². The molecule has 0 aliphatic rings. The fourth-order valence-corrected chi connectivity index (χ4v) is 6.46. The first-order valence-electron chi connectivity index (χ1n) is 17.8. The minimum Gasteiger partial charge on any atom is -0.481 e. The lowest BCUT2D eigenvalue weighted by Crippen LogP contribution is -2.21. The van der Waals surface area contributed by atoms with Gasteiger partial charge in [-0.2, -0.15) is 8.75 Å². The number of unbranched alkanes of at least 4 members (excludes halogenated alkanes) is 4. The zero-order valence-corrected chi connectivity index (χ0v) is 32.6. The number of amides is 1. The van der Waals surface area contributed by atoms with Gasteiger partial charge in [0.25, 0.3) is 0 Å². The Labute approximate surface area is 320 Å². The molecule has 0 saturated carbocycles. The summed E-state index contributed by atoms with van der Waals surface area (Å²) in [5.41, 5.74) is 6.95. The number of carbonyl (C=O) groups is 4. The van der Waals surface area contributed by atoms with Gasteiger partial charge < -0.3 is 25.6 Å². The van der Waals surface area contributed by atoms with E-state index >= 15 is 0 Å². The van der Waals surface area contributed by atoms with Crippen LogP contribution in [0.2, 0.25) is 0 Å². The fourth-order valence-electron chi connectivity index (χ4n) is 4.89. The van der Waals surface area contributed by atoms with E-state index in [9.17, 15) is 24.3 Å². The van der Waals surface area contributed by atoms with Crippen LogP contribution < -0.4 is 11.1 Å². The number of esters is 2. The first-order valence-corrected chi connectivity index (χ1v) is 19.4. The standard InChI is InChI=1S/C19H25N3O3S.C13H20N2O4S.C6H7N/c1-3-25-17(23)13-9-5-8-12-16(19-20-14(2)22-26-19)18(24)21-15-10-6-4-7-11-15;1-3-19-11(16)8-6-4-5-7-10(13(17)18)12-14-9(2)15-20-12;7-6-4-2-1-3-5-6/h4,6-7,10-11,16H,3,5,8-9,12-13H2,1-2H3,(H,21,24);10H,3-8H2,1-2H3,(H,17,18);1-5H,7H2. The fraction of sp³-hybridized carbons (Fsp3) is 0.474. The maximum Gasteiger partial charge on any atom is 0.313 e. The SMILES string of the molecule is CCOC(=O)CCCCCC(C(=O)Nc1ccccc1)c1nc(C)ns1.CCOC(=O)CCCCCC(C(=O)O)c1nc(C)ns1.Nc1ccccc1. The van der Waals surface area contributed by atoms with Gasteiger partial charge in [0, 0.05) is 24.2 Å². The number of carboxylic acids is 1. The monoisotopic (exact) mass is 768 g/mol. The molecule has 2 atom stereocenters. The smallest absolute Gasteiger partial charge is 0.313 e. The Morgan fingerprint density at radius 3 is 1.55 bits per heavy atom. The van der Waals surface area contributed by atoms with E-state index in [1.807, 2.05) is 67.6 Å². The Kier molecular flexibility index (Phi) is 21.8. The molecule has 4 N–H and O–H groups in total. The molecule has 0 radical (unpaired) electrons. The first kappa shape index (κ1) is 44.4. The number of rotatable bonds is 19. The van der Waals surface area contributed by atoms with Crippen LogP contribution in [0.5, 0.6) is 0 Å². The number of nitrogens with zero attached hydrogens (tertiary/aromatic N) is 4.